The van der Waals surface area contributed by atoms with Crippen molar-refractivity contribution in [2.24, 2.45) is 0 Å². The van der Waals surface area contributed by atoms with Crippen molar-refractivity contribution in [3.63, 3.8) is 0 Å². The zero-order valence-electron chi connectivity index (χ0n) is 11.1. The Morgan fingerprint density at radius 3 is 2.62 bits per heavy atom. The molecular formula is C14H13F3N2OS. The van der Waals surface area contributed by atoms with Crippen LogP contribution in [0.3, 0.4) is 0 Å². The lowest BCUT2D eigenvalue weighted by Crippen LogP contribution is -2.24. The maximum absolute atomic E-state index is 12.7. The zero-order chi connectivity index (χ0) is 15.5. The fourth-order valence-electron chi connectivity index (χ4n) is 1.80. The first-order valence-electron chi connectivity index (χ1n) is 6.10. The monoisotopic (exact) mass is 314 g/mol. The average molecular weight is 314 g/mol. The Morgan fingerprint density at radius 2 is 2.05 bits per heavy atom. The molecule has 0 atom stereocenters. The van der Waals surface area contributed by atoms with Gasteiger partial charge in [-0.1, -0.05) is 0 Å². The number of nitrogens with one attached hydrogen (secondary N) is 2. The highest BCUT2D eigenvalue weighted by Crippen LogP contribution is 2.31. The highest BCUT2D eigenvalue weighted by Gasteiger charge is 2.31. The fourth-order valence-corrected chi connectivity index (χ4v) is 2.47. The third-order valence-electron chi connectivity index (χ3n) is 2.89. The van der Waals surface area contributed by atoms with Gasteiger partial charge in [0.2, 0.25) is 0 Å². The van der Waals surface area contributed by atoms with Crippen molar-refractivity contribution in [1.82, 2.24) is 5.32 Å². The molecule has 0 aliphatic carbocycles. The second-order valence-corrected chi connectivity index (χ2v) is 5.10. The third-order valence-corrected chi connectivity index (χ3v) is 3.63. The smallest absolute Gasteiger partial charge is 0.387 e. The molecule has 21 heavy (non-hydrogen) atoms. The Bertz CT molecular complexity index is 624. The third kappa shape index (κ3) is 3.75. The van der Waals surface area contributed by atoms with Gasteiger partial charge in [-0.15, -0.1) is 0 Å². The number of carbonyl (C=O) groups excluding carboxylic acids is 1. The van der Waals surface area contributed by atoms with Crippen molar-refractivity contribution in [2.75, 3.05) is 12.4 Å². The van der Waals surface area contributed by atoms with E-state index in [1.54, 1.807) is 7.05 Å². The van der Waals surface area contributed by atoms with Gasteiger partial charge in [0.15, 0.2) is 0 Å². The summed E-state index contributed by atoms with van der Waals surface area (Å²) >= 11 is 1.49. The second kappa shape index (κ2) is 6.17. The Balaban J connectivity index is 2.21. The lowest BCUT2D eigenvalue weighted by atomic mass is 10.1. The van der Waals surface area contributed by atoms with Crippen LogP contribution in [0.2, 0.25) is 0 Å². The van der Waals surface area contributed by atoms with Crippen LogP contribution in [0.5, 0.6) is 0 Å². The molecule has 0 unspecified atom stereocenters. The van der Waals surface area contributed by atoms with Crippen LogP contribution in [-0.2, 0) is 12.7 Å². The largest absolute Gasteiger partial charge is 0.416 e. The number of benzene rings is 1. The number of hydrogen-bond donors (Lipinski definition) is 2. The number of carbonyl (C=O) groups is 1. The van der Waals surface area contributed by atoms with E-state index in [1.165, 1.54) is 17.4 Å². The number of amides is 1. The minimum Gasteiger partial charge on any atom is -0.387 e. The summed E-state index contributed by atoms with van der Waals surface area (Å²) in [5, 5.41) is 9.07. The maximum Gasteiger partial charge on any atom is 0.416 e. The molecule has 0 bridgehead atoms. The molecule has 3 nitrogen and oxygen atoms in total. The first-order chi connectivity index (χ1) is 9.91. The number of thiophene rings is 1. The molecule has 0 spiro atoms. The maximum atomic E-state index is 12.7. The Kier molecular flexibility index (Phi) is 4.52. The normalized spacial score (nSPS) is 11.2. The van der Waals surface area contributed by atoms with Crippen molar-refractivity contribution in [1.29, 1.82) is 0 Å². The highest BCUT2D eigenvalue weighted by molar-refractivity contribution is 7.07. The first-order valence-corrected chi connectivity index (χ1v) is 7.04. The number of hydrogen-bond acceptors (Lipinski definition) is 3. The molecular weight excluding hydrogens is 301 g/mol. The van der Waals surface area contributed by atoms with E-state index in [1.807, 2.05) is 16.8 Å². The SMILES string of the molecule is CNc1ccc(C(F)(F)F)cc1C(=O)NCc1ccsc1. The Morgan fingerprint density at radius 1 is 1.29 bits per heavy atom. The summed E-state index contributed by atoms with van der Waals surface area (Å²) in [4.78, 5) is 12.1. The van der Waals surface area contributed by atoms with Crippen LogP contribution >= 0.6 is 11.3 Å². The van der Waals surface area contributed by atoms with Gasteiger partial charge in [0.1, 0.15) is 0 Å². The summed E-state index contributed by atoms with van der Waals surface area (Å²) in [6, 6.07) is 4.90. The molecule has 112 valence electrons. The van der Waals surface area contributed by atoms with Gasteiger partial charge in [-0.25, -0.2) is 0 Å². The van der Waals surface area contributed by atoms with Crippen LogP contribution in [0.4, 0.5) is 18.9 Å². The number of anilines is 1. The molecule has 1 amide bonds. The van der Waals surface area contributed by atoms with Gasteiger partial charge in [-0.05, 0) is 40.6 Å². The number of rotatable bonds is 4. The second-order valence-electron chi connectivity index (χ2n) is 4.32. The van der Waals surface area contributed by atoms with Crippen molar-refractivity contribution >= 4 is 22.9 Å². The summed E-state index contributed by atoms with van der Waals surface area (Å²) in [5.74, 6) is -0.545. The quantitative estimate of drug-likeness (QED) is 0.902. The number of alkyl halides is 3. The van der Waals surface area contributed by atoms with Crippen molar-refractivity contribution < 1.29 is 18.0 Å². The summed E-state index contributed by atoms with van der Waals surface area (Å²) in [5.41, 5.74) is 0.391. The predicted octanol–water partition coefficient (Wildman–Crippen LogP) is 3.74. The topological polar surface area (TPSA) is 41.1 Å². The van der Waals surface area contributed by atoms with Crippen molar-refractivity contribution in [3.05, 3.63) is 51.7 Å². The minimum atomic E-state index is -4.48. The fraction of sp³-hybridized carbons (Fsp3) is 0.214. The van der Waals surface area contributed by atoms with Gasteiger partial charge in [0, 0.05) is 19.3 Å². The van der Waals surface area contributed by atoms with E-state index in [0.717, 1.165) is 17.7 Å². The summed E-state index contributed by atoms with van der Waals surface area (Å²) < 4.78 is 38.2. The van der Waals surface area contributed by atoms with Crippen LogP contribution in [-0.4, -0.2) is 13.0 Å². The van der Waals surface area contributed by atoms with Gasteiger partial charge in [-0.2, -0.15) is 24.5 Å². The molecule has 0 fully saturated rings. The summed E-state index contributed by atoms with van der Waals surface area (Å²) in [6.07, 6.45) is -4.48. The summed E-state index contributed by atoms with van der Waals surface area (Å²) in [7, 11) is 1.55. The minimum absolute atomic E-state index is 0.0254. The van der Waals surface area contributed by atoms with Crippen LogP contribution in [0.1, 0.15) is 21.5 Å². The van der Waals surface area contributed by atoms with E-state index < -0.39 is 17.6 Å². The van der Waals surface area contributed by atoms with Crippen LogP contribution < -0.4 is 10.6 Å². The van der Waals surface area contributed by atoms with E-state index in [4.69, 9.17) is 0 Å². The lowest BCUT2D eigenvalue weighted by Gasteiger charge is -2.13. The average Bonchev–Trinajstić information content (AvgIpc) is 2.96. The van der Waals surface area contributed by atoms with E-state index >= 15 is 0 Å². The van der Waals surface area contributed by atoms with E-state index in [9.17, 15) is 18.0 Å². The van der Waals surface area contributed by atoms with Gasteiger partial charge in [-0.3, -0.25) is 4.79 Å². The number of halogens is 3. The van der Waals surface area contributed by atoms with Crippen molar-refractivity contribution in [2.45, 2.75) is 12.7 Å². The van der Waals surface area contributed by atoms with E-state index in [2.05, 4.69) is 10.6 Å². The molecule has 0 radical (unpaired) electrons. The van der Waals surface area contributed by atoms with Gasteiger partial charge >= 0.3 is 6.18 Å². The molecule has 1 heterocycles. The van der Waals surface area contributed by atoms with Gasteiger partial charge in [0.05, 0.1) is 11.1 Å². The Hall–Kier alpha value is -2.02. The Labute approximate surface area is 123 Å². The predicted molar refractivity (Wildman–Crippen MR) is 76.5 cm³/mol. The molecule has 2 rings (SSSR count). The van der Waals surface area contributed by atoms with Gasteiger partial charge in [0.25, 0.3) is 5.91 Å². The highest BCUT2D eigenvalue weighted by atomic mass is 32.1. The molecule has 0 saturated heterocycles. The molecule has 7 heteroatoms. The summed E-state index contributed by atoms with van der Waals surface area (Å²) in [6.45, 7) is 0.279. The van der Waals surface area contributed by atoms with Crippen molar-refractivity contribution in [3.8, 4) is 0 Å². The first kappa shape index (κ1) is 15.4. The van der Waals surface area contributed by atoms with Crippen LogP contribution in [0.25, 0.3) is 0 Å². The van der Waals surface area contributed by atoms with Crippen LogP contribution in [0, 0.1) is 0 Å². The van der Waals surface area contributed by atoms with E-state index in [0.29, 0.717) is 5.69 Å². The zero-order valence-corrected chi connectivity index (χ0v) is 11.9. The molecule has 1 aromatic heterocycles. The molecule has 0 aliphatic heterocycles. The van der Waals surface area contributed by atoms with Gasteiger partial charge < -0.3 is 10.6 Å². The van der Waals surface area contributed by atoms with E-state index in [-0.39, 0.29) is 12.1 Å². The molecule has 2 aromatic rings. The standard InChI is InChI=1S/C14H13F3N2OS/c1-18-12-3-2-10(14(15,16)17)6-11(12)13(20)19-7-9-4-5-21-8-9/h2-6,8,18H,7H2,1H3,(H,19,20). The molecule has 1 aromatic carbocycles. The van der Waals surface area contributed by atoms with Crippen LogP contribution in [0.15, 0.2) is 35.0 Å². The lowest BCUT2D eigenvalue weighted by molar-refractivity contribution is -0.137. The molecule has 2 N–H and O–H groups in total. The molecule has 0 saturated carbocycles. The molecule has 0 aliphatic rings.